The number of benzene rings is 1. The molecule has 2 saturated heterocycles. The van der Waals surface area contributed by atoms with E-state index in [-0.39, 0.29) is 0 Å². The number of nitrogens with zero attached hydrogens (tertiary/aromatic N) is 3. The van der Waals surface area contributed by atoms with E-state index in [2.05, 4.69) is 44.5 Å². The van der Waals surface area contributed by atoms with E-state index in [1.807, 2.05) is 19.1 Å². The molecule has 2 aliphatic rings. The van der Waals surface area contributed by atoms with Gasteiger partial charge in [-0.15, -0.1) is 11.3 Å². The molecule has 0 radical (unpaired) electrons. The molecule has 3 aromatic rings. The summed E-state index contributed by atoms with van der Waals surface area (Å²) in [5.41, 5.74) is 9.81. The third kappa shape index (κ3) is 4.78. The Hall–Kier alpha value is -2.81. The van der Waals surface area contributed by atoms with E-state index in [1.54, 1.807) is 17.5 Å². The van der Waals surface area contributed by atoms with Gasteiger partial charge in [0.05, 0.1) is 16.3 Å². The first-order chi connectivity index (χ1) is 16.0. The predicted octanol–water partition coefficient (Wildman–Crippen LogP) is 4.54. The molecule has 3 N–H and O–H groups in total. The molecule has 0 atom stereocenters. The van der Waals surface area contributed by atoms with Gasteiger partial charge in [-0.1, -0.05) is 31.2 Å². The number of ether oxygens (including phenoxy) is 1. The van der Waals surface area contributed by atoms with Gasteiger partial charge in [0.15, 0.2) is 0 Å². The molecule has 0 unspecified atom stereocenters. The number of primary amides is 1. The lowest BCUT2D eigenvalue weighted by Crippen LogP contribution is -2.57. The van der Waals surface area contributed by atoms with Gasteiger partial charge in [-0.3, -0.25) is 4.90 Å². The Labute approximate surface area is 198 Å². The molecular weight excluding hydrogens is 434 g/mol. The fraction of sp³-hybridized carbons (Fsp3) is 0.400. The van der Waals surface area contributed by atoms with Gasteiger partial charge in [0.25, 0.3) is 0 Å². The van der Waals surface area contributed by atoms with Gasteiger partial charge in [0.1, 0.15) is 5.82 Å². The highest BCUT2D eigenvalue weighted by atomic mass is 32.1. The molecule has 2 amide bonds. The molecule has 1 aromatic carbocycles. The molecule has 7 nitrogen and oxygen atoms in total. The van der Waals surface area contributed by atoms with Crippen molar-refractivity contribution in [2.24, 2.45) is 11.1 Å². The minimum Gasteiger partial charge on any atom is -0.381 e. The number of aryl methyl sites for hydroxylation is 1. The summed E-state index contributed by atoms with van der Waals surface area (Å²) < 4.78 is 5.53. The average molecular weight is 464 g/mol. The van der Waals surface area contributed by atoms with Crippen molar-refractivity contribution in [3.63, 3.8) is 0 Å². The molecule has 8 heteroatoms. The lowest BCUT2D eigenvalue weighted by molar-refractivity contribution is -0.0839. The van der Waals surface area contributed by atoms with Crippen molar-refractivity contribution in [2.45, 2.75) is 32.7 Å². The van der Waals surface area contributed by atoms with Gasteiger partial charge < -0.3 is 15.8 Å². The first-order valence-electron chi connectivity index (χ1n) is 11.5. The molecule has 1 spiro atoms. The molecule has 0 saturated carbocycles. The molecule has 0 aliphatic carbocycles. The van der Waals surface area contributed by atoms with E-state index in [0.717, 1.165) is 53.0 Å². The number of anilines is 1. The Balaban J connectivity index is 1.32. The van der Waals surface area contributed by atoms with Crippen LogP contribution in [0.3, 0.4) is 0 Å². The van der Waals surface area contributed by atoms with Crippen LogP contribution in [0.2, 0.25) is 0 Å². The monoisotopic (exact) mass is 463 g/mol. The topological polar surface area (TPSA) is 93.4 Å². The summed E-state index contributed by atoms with van der Waals surface area (Å²) in [5.74, 6) is 0.769. The van der Waals surface area contributed by atoms with Gasteiger partial charge in [-0.2, -0.15) is 0 Å². The summed E-state index contributed by atoms with van der Waals surface area (Å²) in [5, 5.41) is 2.75. The van der Waals surface area contributed by atoms with Gasteiger partial charge in [-0.05, 0) is 36.1 Å². The normalized spacial score (nSPS) is 17.6. The Bertz CT molecular complexity index is 1130. The van der Waals surface area contributed by atoms with E-state index < -0.39 is 6.03 Å². The molecule has 4 heterocycles. The third-order valence-corrected chi connectivity index (χ3v) is 7.77. The number of carbonyl (C=O) groups excluding carboxylic acids is 1. The number of thiophene rings is 1. The summed E-state index contributed by atoms with van der Waals surface area (Å²) in [7, 11) is 0. The number of nitrogens with two attached hydrogens (primary N) is 1. The Morgan fingerprint density at radius 1 is 1.21 bits per heavy atom. The van der Waals surface area contributed by atoms with Crippen LogP contribution < -0.4 is 11.1 Å². The number of hydrogen-bond acceptors (Lipinski definition) is 6. The lowest BCUT2D eigenvalue weighted by atomic mass is 9.73. The second-order valence-electron chi connectivity index (χ2n) is 9.01. The largest absolute Gasteiger partial charge is 0.381 e. The first-order valence-corrected chi connectivity index (χ1v) is 12.3. The fourth-order valence-corrected chi connectivity index (χ4v) is 5.90. The first kappa shape index (κ1) is 22.0. The van der Waals surface area contributed by atoms with Crippen LogP contribution in [0.25, 0.3) is 21.0 Å². The maximum atomic E-state index is 11.6. The van der Waals surface area contributed by atoms with Gasteiger partial charge in [0, 0.05) is 55.8 Å². The van der Waals surface area contributed by atoms with E-state index >= 15 is 0 Å². The zero-order valence-corrected chi connectivity index (χ0v) is 19.7. The van der Waals surface area contributed by atoms with Crippen LogP contribution in [0.4, 0.5) is 10.5 Å². The number of likely N-dealkylation sites (tertiary alicyclic amines) is 1. The van der Waals surface area contributed by atoms with Crippen molar-refractivity contribution >= 4 is 23.1 Å². The zero-order valence-electron chi connectivity index (χ0n) is 18.8. The van der Waals surface area contributed by atoms with Crippen LogP contribution in [0.1, 0.15) is 31.2 Å². The standard InChI is InChI=1S/C25H29N5O2S/c1-2-22-27-10-7-19(28-22)23-20(29-24(26)31)13-21(33-23)18-5-3-17(4-6-18)14-30-15-25(16-30)8-11-32-12-9-25/h3-7,10,13H,2,8-9,11-12,14-16H2,1H3,(H3,26,29,31). The summed E-state index contributed by atoms with van der Waals surface area (Å²) in [6, 6.07) is 12.0. The quantitative estimate of drug-likeness (QED) is 0.560. The number of hydrogen-bond donors (Lipinski definition) is 2. The maximum Gasteiger partial charge on any atom is 0.316 e. The molecule has 2 aromatic heterocycles. The van der Waals surface area contributed by atoms with Gasteiger partial charge in [-0.25, -0.2) is 14.8 Å². The van der Waals surface area contributed by atoms with Crippen LogP contribution in [0, 0.1) is 5.41 Å². The number of nitrogens with one attached hydrogen (secondary N) is 1. The van der Waals surface area contributed by atoms with Crippen LogP contribution in [-0.2, 0) is 17.7 Å². The summed E-state index contributed by atoms with van der Waals surface area (Å²) >= 11 is 1.59. The smallest absolute Gasteiger partial charge is 0.316 e. The fourth-order valence-electron chi connectivity index (χ4n) is 4.81. The zero-order chi connectivity index (χ0) is 22.8. The molecule has 2 aliphatic heterocycles. The minimum atomic E-state index is -0.586. The number of urea groups is 1. The Morgan fingerprint density at radius 2 is 1.97 bits per heavy atom. The van der Waals surface area contributed by atoms with Crippen molar-refractivity contribution in [2.75, 3.05) is 31.6 Å². The van der Waals surface area contributed by atoms with E-state index in [4.69, 9.17) is 10.5 Å². The lowest BCUT2D eigenvalue weighted by Gasteiger charge is -2.52. The number of aromatic nitrogens is 2. The van der Waals surface area contributed by atoms with Crippen molar-refractivity contribution < 1.29 is 9.53 Å². The van der Waals surface area contributed by atoms with E-state index in [1.165, 1.54) is 31.5 Å². The molecule has 2 fully saturated rings. The van der Waals surface area contributed by atoms with Gasteiger partial charge >= 0.3 is 6.03 Å². The van der Waals surface area contributed by atoms with Crippen LogP contribution >= 0.6 is 11.3 Å². The Morgan fingerprint density at radius 3 is 2.67 bits per heavy atom. The van der Waals surface area contributed by atoms with Crippen molar-refractivity contribution in [1.29, 1.82) is 0 Å². The summed E-state index contributed by atoms with van der Waals surface area (Å²) in [4.78, 5) is 25.0. The van der Waals surface area contributed by atoms with Crippen molar-refractivity contribution in [1.82, 2.24) is 14.9 Å². The van der Waals surface area contributed by atoms with Crippen LogP contribution in [0.5, 0.6) is 0 Å². The number of carbonyl (C=O) groups is 1. The molecule has 5 rings (SSSR count). The Kier molecular flexibility index (Phi) is 6.14. The van der Waals surface area contributed by atoms with Crippen molar-refractivity contribution in [3.8, 4) is 21.0 Å². The van der Waals surface area contributed by atoms with Crippen LogP contribution in [-0.4, -0.2) is 47.2 Å². The number of amides is 2. The highest BCUT2D eigenvalue weighted by molar-refractivity contribution is 7.19. The highest BCUT2D eigenvalue weighted by Crippen LogP contribution is 2.42. The minimum absolute atomic E-state index is 0.494. The third-order valence-electron chi connectivity index (χ3n) is 6.56. The van der Waals surface area contributed by atoms with Crippen molar-refractivity contribution in [3.05, 3.63) is 54.0 Å². The predicted molar refractivity (Wildman–Crippen MR) is 131 cm³/mol. The maximum absolute atomic E-state index is 11.6. The molecule has 33 heavy (non-hydrogen) atoms. The second-order valence-corrected chi connectivity index (χ2v) is 10.1. The summed E-state index contributed by atoms with van der Waals surface area (Å²) in [6.45, 7) is 7.17. The summed E-state index contributed by atoms with van der Waals surface area (Å²) in [6.07, 6.45) is 4.88. The number of rotatable bonds is 6. The van der Waals surface area contributed by atoms with Crippen LogP contribution in [0.15, 0.2) is 42.6 Å². The molecule has 172 valence electrons. The average Bonchev–Trinajstić information content (AvgIpc) is 3.22. The molecule has 0 bridgehead atoms. The van der Waals surface area contributed by atoms with E-state index in [9.17, 15) is 4.79 Å². The van der Waals surface area contributed by atoms with Gasteiger partial charge in [0.2, 0.25) is 0 Å². The molecular formula is C25H29N5O2S. The SMILES string of the molecule is CCc1nccc(-c2sc(-c3ccc(CN4CC5(CCOCC5)C4)cc3)cc2NC(N)=O)n1. The van der Waals surface area contributed by atoms with E-state index in [0.29, 0.717) is 11.1 Å². The highest BCUT2D eigenvalue weighted by Gasteiger charge is 2.43. The second kappa shape index (κ2) is 9.21.